The lowest BCUT2D eigenvalue weighted by atomic mass is 10.2. The van der Waals surface area contributed by atoms with E-state index in [-0.39, 0.29) is 6.61 Å². The van der Waals surface area contributed by atoms with Crippen LogP contribution in [0, 0.1) is 0 Å². The molecule has 5 nitrogen and oxygen atoms in total. The van der Waals surface area contributed by atoms with Gasteiger partial charge in [0.05, 0.1) is 13.2 Å². The Hall–Kier alpha value is -1.30. The summed E-state index contributed by atoms with van der Waals surface area (Å²) in [6, 6.07) is 7.81. The van der Waals surface area contributed by atoms with Crippen LogP contribution in [0.25, 0.3) is 0 Å². The van der Waals surface area contributed by atoms with Gasteiger partial charge in [0.25, 0.3) is 0 Å². The summed E-state index contributed by atoms with van der Waals surface area (Å²) in [6.45, 7) is 0.797. The fourth-order valence-electron chi connectivity index (χ4n) is 2.58. The molecule has 21 heavy (non-hydrogen) atoms. The van der Waals surface area contributed by atoms with E-state index in [9.17, 15) is 5.11 Å². The van der Waals surface area contributed by atoms with Gasteiger partial charge in [-0.1, -0.05) is 6.07 Å². The van der Waals surface area contributed by atoms with E-state index in [1.165, 1.54) is 0 Å². The number of nitrogens with one attached hydrogen (secondary N) is 1. The van der Waals surface area contributed by atoms with Crippen LogP contribution in [-0.2, 0) is 4.74 Å². The maximum absolute atomic E-state index is 9.97. The van der Waals surface area contributed by atoms with Crippen molar-refractivity contribution in [1.82, 2.24) is 5.32 Å². The van der Waals surface area contributed by atoms with Gasteiger partial charge in [0.15, 0.2) is 0 Å². The molecule has 5 heteroatoms. The lowest BCUT2D eigenvalue weighted by Gasteiger charge is -2.17. The van der Waals surface area contributed by atoms with E-state index in [0.717, 1.165) is 25.0 Å². The van der Waals surface area contributed by atoms with Crippen molar-refractivity contribution in [2.75, 3.05) is 27.4 Å². The topological polar surface area (TPSA) is 60.0 Å². The number of benzene rings is 1. The van der Waals surface area contributed by atoms with E-state index < -0.39 is 6.10 Å². The number of aliphatic hydroxyl groups is 1. The maximum atomic E-state index is 9.97. The van der Waals surface area contributed by atoms with Crippen molar-refractivity contribution in [1.29, 1.82) is 0 Å². The fourth-order valence-corrected chi connectivity index (χ4v) is 2.58. The van der Waals surface area contributed by atoms with Crippen LogP contribution in [0.15, 0.2) is 24.3 Å². The molecule has 0 bridgehead atoms. The molecule has 0 spiro atoms. The highest BCUT2D eigenvalue weighted by Gasteiger charge is 2.24. The minimum atomic E-state index is -0.530. The molecule has 0 heterocycles. The van der Waals surface area contributed by atoms with Gasteiger partial charge in [-0.25, -0.2) is 0 Å². The van der Waals surface area contributed by atoms with Crippen LogP contribution in [0.2, 0.25) is 0 Å². The smallest absolute Gasteiger partial charge is 0.123 e. The van der Waals surface area contributed by atoms with Crippen molar-refractivity contribution < 1.29 is 19.3 Å². The first-order valence-corrected chi connectivity index (χ1v) is 7.42. The van der Waals surface area contributed by atoms with E-state index in [0.29, 0.717) is 24.4 Å². The molecule has 0 amide bonds. The largest absolute Gasteiger partial charge is 0.497 e. The summed E-state index contributed by atoms with van der Waals surface area (Å²) in [5.74, 6) is 1.45. The van der Waals surface area contributed by atoms with Crippen LogP contribution < -0.4 is 14.8 Å². The predicted molar refractivity (Wildman–Crippen MR) is 80.9 cm³/mol. The lowest BCUT2D eigenvalue weighted by Crippen LogP contribution is -2.37. The molecule has 118 valence electrons. The molecule has 2 N–H and O–H groups in total. The Kier molecular flexibility index (Phi) is 6.29. The predicted octanol–water partition coefficient (Wildman–Crippen LogP) is 1.59. The molecule has 3 atom stereocenters. The minimum absolute atomic E-state index is 0.264. The Balaban J connectivity index is 1.66. The van der Waals surface area contributed by atoms with E-state index >= 15 is 0 Å². The van der Waals surface area contributed by atoms with Gasteiger partial charge in [0.2, 0.25) is 0 Å². The molecule has 3 unspecified atom stereocenters. The molecule has 1 aromatic rings. The third-order valence-corrected chi connectivity index (χ3v) is 3.84. The molecule has 1 aromatic carbocycles. The fraction of sp³-hybridized carbons (Fsp3) is 0.625. The van der Waals surface area contributed by atoms with Gasteiger partial charge in [-0.15, -0.1) is 0 Å². The van der Waals surface area contributed by atoms with E-state index in [1.807, 2.05) is 18.2 Å². The number of hydrogen-bond donors (Lipinski definition) is 2. The van der Waals surface area contributed by atoms with Crippen molar-refractivity contribution in [2.45, 2.75) is 37.5 Å². The van der Waals surface area contributed by atoms with Crippen molar-refractivity contribution in [3.63, 3.8) is 0 Å². The molecule has 0 aromatic heterocycles. The van der Waals surface area contributed by atoms with Crippen LogP contribution in [0.3, 0.4) is 0 Å². The van der Waals surface area contributed by atoms with Crippen LogP contribution in [-0.4, -0.2) is 50.7 Å². The molecule has 1 fully saturated rings. The normalized spacial score (nSPS) is 23.0. The maximum Gasteiger partial charge on any atom is 0.123 e. The average molecular weight is 295 g/mol. The van der Waals surface area contributed by atoms with E-state index in [1.54, 1.807) is 20.3 Å². The Morgan fingerprint density at radius 1 is 1.29 bits per heavy atom. The lowest BCUT2D eigenvalue weighted by molar-refractivity contribution is 0.0965. The van der Waals surface area contributed by atoms with Gasteiger partial charge < -0.3 is 24.6 Å². The van der Waals surface area contributed by atoms with Crippen LogP contribution in [0.4, 0.5) is 0 Å². The summed E-state index contributed by atoms with van der Waals surface area (Å²) in [5, 5.41) is 13.3. The van der Waals surface area contributed by atoms with Crippen LogP contribution in [0.1, 0.15) is 19.3 Å². The quantitative estimate of drug-likeness (QED) is 0.763. The van der Waals surface area contributed by atoms with Crippen LogP contribution in [0.5, 0.6) is 11.5 Å². The van der Waals surface area contributed by atoms with Gasteiger partial charge >= 0.3 is 0 Å². The Morgan fingerprint density at radius 3 is 2.81 bits per heavy atom. The zero-order valence-electron chi connectivity index (χ0n) is 12.7. The number of rotatable bonds is 8. The van der Waals surface area contributed by atoms with Crippen molar-refractivity contribution in [3.8, 4) is 11.5 Å². The minimum Gasteiger partial charge on any atom is -0.497 e. The number of hydrogen-bond acceptors (Lipinski definition) is 5. The second-order valence-corrected chi connectivity index (χ2v) is 5.42. The van der Waals surface area contributed by atoms with Crippen molar-refractivity contribution in [2.24, 2.45) is 0 Å². The SMILES string of the molecule is COc1cccc(OCC(O)CNC2CCC(OC)C2)c1. The molecule has 0 aliphatic heterocycles. The second-order valence-electron chi connectivity index (χ2n) is 5.42. The molecule has 2 rings (SSSR count). The Labute approximate surface area is 126 Å². The number of aliphatic hydroxyl groups excluding tert-OH is 1. The van der Waals surface area contributed by atoms with Crippen molar-refractivity contribution in [3.05, 3.63) is 24.3 Å². The molecular formula is C16H25NO4. The zero-order chi connectivity index (χ0) is 15.1. The summed E-state index contributed by atoms with van der Waals surface area (Å²) < 4.78 is 16.0. The summed E-state index contributed by atoms with van der Waals surface area (Å²) in [4.78, 5) is 0. The van der Waals surface area contributed by atoms with Crippen LogP contribution >= 0.6 is 0 Å². The molecular weight excluding hydrogens is 270 g/mol. The van der Waals surface area contributed by atoms with E-state index in [2.05, 4.69) is 5.32 Å². The number of ether oxygens (including phenoxy) is 3. The summed E-state index contributed by atoms with van der Waals surface area (Å²) in [7, 11) is 3.37. The summed E-state index contributed by atoms with van der Waals surface area (Å²) in [6.07, 6.45) is 3.03. The Morgan fingerprint density at radius 2 is 2.10 bits per heavy atom. The molecule has 1 saturated carbocycles. The first-order valence-electron chi connectivity index (χ1n) is 7.42. The highest BCUT2D eigenvalue weighted by molar-refractivity contribution is 5.32. The van der Waals surface area contributed by atoms with Crippen molar-refractivity contribution >= 4 is 0 Å². The zero-order valence-corrected chi connectivity index (χ0v) is 12.7. The Bertz CT molecular complexity index is 426. The molecule has 0 radical (unpaired) electrons. The van der Waals surface area contributed by atoms with Gasteiger partial charge in [0.1, 0.15) is 24.2 Å². The third-order valence-electron chi connectivity index (χ3n) is 3.84. The summed E-state index contributed by atoms with van der Waals surface area (Å²) >= 11 is 0. The van der Waals surface area contributed by atoms with Gasteiger partial charge in [0, 0.05) is 25.8 Å². The molecule has 0 saturated heterocycles. The number of methoxy groups -OCH3 is 2. The standard InChI is InChI=1S/C16H25NO4/c1-19-14-4-3-5-16(9-14)21-11-13(18)10-17-12-6-7-15(8-12)20-2/h3-5,9,12-13,15,17-18H,6-8,10-11H2,1-2H3. The van der Waals surface area contributed by atoms with Gasteiger partial charge in [-0.2, -0.15) is 0 Å². The third kappa shape index (κ3) is 5.19. The molecule has 1 aliphatic carbocycles. The average Bonchev–Trinajstić information content (AvgIpc) is 2.99. The first kappa shape index (κ1) is 16.1. The highest BCUT2D eigenvalue weighted by atomic mass is 16.5. The van der Waals surface area contributed by atoms with Gasteiger partial charge in [-0.05, 0) is 31.4 Å². The van der Waals surface area contributed by atoms with E-state index in [4.69, 9.17) is 14.2 Å². The first-order chi connectivity index (χ1) is 10.2. The second kappa shape index (κ2) is 8.22. The highest BCUT2D eigenvalue weighted by Crippen LogP contribution is 2.21. The summed E-state index contributed by atoms with van der Waals surface area (Å²) in [5.41, 5.74) is 0. The monoisotopic (exact) mass is 295 g/mol. The molecule has 1 aliphatic rings. The van der Waals surface area contributed by atoms with Gasteiger partial charge in [-0.3, -0.25) is 0 Å².